The molecule has 1 aliphatic rings. The number of hydrogen-bond donors (Lipinski definition) is 0. The Bertz CT molecular complexity index is 377. The summed E-state index contributed by atoms with van der Waals surface area (Å²) in [5, 5.41) is 0. The SMILES string of the molecule is CCCCC1=C(OC)c2ccccc2C1. The van der Waals surface area contributed by atoms with Gasteiger partial charge >= 0.3 is 0 Å². The van der Waals surface area contributed by atoms with Crippen LogP contribution >= 0.6 is 0 Å². The van der Waals surface area contributed by atoms with E-state index in [9.17, 15) is 0 Å². The molecule has 15 heavy (non-hydrogen) atoms. The Morgan fingerprint density at radius 3 is 2.80 bits per heavy atom. The summed E-state index contributed by atoms with van der Waals surface area (Å²) >= 11 is 0. The zero-order valence-corrected chi connectivity index (χ0v) is 9.55. The summed E-state index contributed by atoms with van der Waals surface area (Å²) in [6, 6.07) is 8.55. The Morgan fingerprint density at radius 1 is 1.27 bits per heavy atom. The van der Waals surface area contributed by atoms with Gasteiger partial charge in [-0.05, 0) is 30.4 Å². The van der Waals surface area contributed by atoms with Gasteiger partial charge in [-0.3, -0.25) is 0 Å². The second kappa shape index (κ2) is 4.52. The van der Waals surface area contributed by atoms with Gasteiger partial charge in [-0.25, -0.2) is 0 Å². The summed E-state index contributed by atoms with van der Waals surface area (Å²) in [5.74, 6) is 1.12. The minimum Gasteiger partial charge on any atom is -0.496 e. The molecule has 0 unspecified atom stereocenters. The fourth-order valence-corrected chi connectivity index (χ4v) is 2.24. The lowest BCUT2D eigenvalue weighted by molar-refractivity contribution is 0.367. The molecule has 2 rings (SSSR count). The molecule has 1 nitrogen and oxygen atoms in total. The number of hydrogen-bond acceptors (Lipinski definition) is 1. The molecule has 0 bridgehead atoms. The van der Waals surface area contributed by atoms with E-state index in [1.54, 1.807) is 7.11 Å². The summed E-state index contributed by atoms with van der Waals surface area (Å²) in [7, 11) is 1.78. The van der Waals surface area contributed by atoms with E-state index in [4.69, 9.17) is 4.74 Å². The van der Waals surface area contributed by atoms with E-state index in [0.29, 0.717) is 0 Å². The predicted octanol–water partition coefficient (Wildman–Crippen LogP) is 3.79. The van der Waals surface area contributed by atoms with Gasteiger partial charge in [0.1, 0.15) is 5.76 Å². The van der Waals surface area contributed by atoms with Gasteiger partial charge in [0.2, 0.25) is 0 Å². The van der Waals surface area contributed by atoms with Crippen LogP contribution in [0.2, 0.25) is 0 Å². The lowest BCUT2D eigenvalue weighted by atomic mass is 10.1. The molecule has 0 heterocycles. The largest absolute Gasteiger partial charge is 0.496 e. The third kappa shape index (κ3) is 1.92. The van der Waals surface area contributed by atoms with Gasteiger partial charge in [0.25, 0.3) is 0 Å². The highest BCUT2D eigenvalue weighted by Gasteiger charge is 2.20. The van der Waals surface area contributed by atoms with Gasteiger partial charge in [-0.1, -0.05) is 37.6 Å². The van der Waals surface area contributed by atoms with E-state index >= 15 is 0 Å². The maximum atomic E-state index is 5.53. The van der Waals surface area contributed by atoms with Crippen LogP contribution in [-0.2, 0) is 11.2 Å². The van der Waals surface area contributed by atoms with E-state index in [1.807, 2.05) is 0 Å². The van der Waals surface area contributed by atoms with Crippen LogP contribution < -0.4 is 0 Å². The summed E-state index contributed by atoms with van der Waals surface area (Å²) in [6.07, 6.45) is 4.76. The van der Waals surface area contributed by atoms with Crippen LogP contribution in [0.4, 0.5) is 0 Å². The minimum atomic E-state index is 1.08. The van der Waals surface area contributed by atoms with Crippen molar-refractivity contribution in [2.75, 3.05) is 7.11 Å². The van der Waals surface area contributed by atoms with Crippen molar-refractivity contribution in [2.45, 2.75) is 32.6 Å². The van der Waals surface area contributed by atoms with Crippen LogP contribution in [0, 0.1) is 0 Å². The average molecular weight is 202 g/mol. The fourth-order valence-electron chi connectivity index (χ4n) is 2.24. The maximum absolute atomic E-state index is 5.53. The van der Waals surface area contributed by atoms with Crippen molar-refractivity contribution in [1.29, 1.82) is 0 Å². The summed E-state index contributed by atoms with van der Waals surface area (Å²) < 4.78 is 5.53. The normalized spacial score (nSPS) is 14.3. The number of ether oxygens (including phenoxy) is 1. The van der Waals surface area contributed by atoms with Crippen LogP contribution in [0.5, 0.6) is 0 Å². The maximum Gasteiger partial charge on any atom is 0.125 e. The van der Waals surface area contributed by atoms with Crippen LogP contribution in [-0.4, -0.2) is 7.11 Å². The van der Waals surface area contributed by atoms with Crippen molar-refractivity contribution >= 4 is 5.76 Å². The molecule has 0 fully saturated rings. The highest BCUT2D eigenvalue weighted by atomic mass is 16.5. The molecular weight excluding hydrogens is 184 g/mol. The van der Waals surface area contributed by atoms with Gasteiger partial charge in [0.15, 0.2) is 0 Å². The monoisotopic (exact) mass is 202 g/mol. The van der Waals surface area contributed by atoms with Crippen molar-refractivity contribution < 1.29 is 4.74 Å². The lowest BCUT2D eigenvalue weighted by Crippen LogP contribution is -1.88. The van der Waals surface area contributed by atoms with E-state index in [2.05, 4.69) is 31.2 Å². The van der Waals surface area contributed by atoms with Gasteiger partial charge in [0.05, 0.1) is 7.11 Å². The van der Waals surface area contributed by atoms with E-state index in [0.717, 1.165) is 12.2 Å². The third-order valence-corrected chi connectivity index (χ3v) is 3.02. The standard InChI is InChI=1S/C14H18O/c1-3-4-7-12-10-11-8-5-6-9-13(11)14(12)15-2/h5-6,8-9H,3-4,7,10H2,1-2H3. The minimum absolute atomic E-state index is 1.08. The van der Waals surface area contributed by atoms with Crippen molar-refractivity contribution in [3.8, 4) is 0 Å². The highest BCUT2D eigenvalue weighted by molar-refractivity contribution is 5.71. The molecule has 1 heteroatoms. The van der Waals surface area contributed by atoms with Crippen LogP contribution in [0.15, 0.2) is 29.8 Å². The first-order valence-corrected chi connectivity index (χ1v) is 5.71. The van der Waals surface area contributed by atoms with Crippen molar-refractivity contribution in [3.63, 3.8) is 0 Å². The Balaban J connectivity index is 2.26. The molecule has 0 radical (unpaired) electrons. The van der Waals surface area contributed by atoms with Gasteiger partial charge in [-0.2, -0.15) is 0 Å². The molecule has 0 saturated heterocycles. The van der Waals surface area contributed by atoms with Crippen LogP contribution in [0.25, 0.3) is 5.76 Å². The van der Waals surface area contributed by atoms with E-state index in [1.165, 1.54) is 36.0 Å². The first-order chi connectivity index (χ1) is 7.36. The molecule has 0 saturated carbocycles. The third-order valence-electron chi connectivity index (χ3n) is 3.02. The number of rotatable bonds is 4. The summed E-state index contributed by atoms with van der Waals surface area (Å²) in [4.78, 5) is 0. The molecular formula is C14H18O. The zero-order valence-electron chi connectivity index (χ0n) is 9.55. The number of allylic oxidation sites excluding steroid dienone is 1. The molecule has 0 aliphatic heterocycles. The number of unbranched alkanes of at least 4 members (excludes halogenated alkanes) is 1. The quantitative estimate of drug-likeness (QED) is 0.721. The lowest BCUT2D eigenvalue weighted by Gasteiger charge is -2.06. The molecule has 1 aromatic rings. The Hall–Kier alpha value is -1.24. The highest BCUT2D eigenvalue weighted by Crippen LogP contribution is 2.35. The molecule has 1 aliphatic carbocycles. The first kappa shape index (κ1) is 10.3. The predicted molar refractivity (Wildman–Crippen MR) is 63.6 cm³/mol. The Labute approximate surface area is 91.8 Å². The zero-order chi connectivity index (χ0) is 10.7. The van der Waals surface area contributed by atoms with Crippen molar-refractivity contribution in [3.05, 3.63) is 41.0 Å². The van der Waals surface area contributed by atoms with Crippen molar-refractivity contribution in [2.24, 2.45) is 0 Å². The average Bonchev–Trinajstić information content (AvgIpc) is 2.63. The van der Waals surface area contributed by atoms with Gasteiger partial charge < -0.3 is 4.74 Å². The second-order valence-corrected chi connectivity index (χ2v) is 4.07. The molecule has 0 spiro atoms. The molecule has 0 amide bonds. The summed E-state index contributed by atoms with van der Waals surface area (Å²) in [6.45, 7) is 2.23. The second-order valence-electron chi connectivity index (χ2n) is 4.07. The smallest absolute Gasteiger partial charge is 0.125 e. The summed E-state index contributed by atoms with van der Waals surface area (Å²) in [5.41, 5.74) is 4.19. The van der Waals surface area contributed by atoms with Gasteiger partial charge in [-0.15, -0.1) is 0 Å². The molecule has 0 aromatic heterocycles. The topological polar surface area (TPSA) is 9.23 Å². The first-order valence-electron chi connectivity index (χ1n) is 5.71. The van der Waals surface area contributed by atoms with E-state index in [-0.39, 0.29) is 0 Å². The number of methoxy groups -OCH3 is 1. The van der Waals surface area contributed by atoms with Crippen LogP contribution in [0.1, 0.15) is 37.3 Å². The van der Waals surface area contributed by atoms with E-state index < -0.39 is 0 Å². The van der Waals surface area contributed by atoms with Crippen molar-refractivity contribution in [1.82, 2.24) is 0 Å². The van der Waals surface area contributed by atoms with Gasteiger partial charge in [0, 0.05) is 5.56 Å². The Morgan fingerprint density at radius 2 is 2.07 bits per heavy atom. The molecule has 80 valence electrons. The number of fused-ring (bicyclic) bond motifs is 1. The molecule has 1 aromatic carbocycles. The Kier molecular flexibility index (Phi) is 3.10. The fraction of sp³-hybridized carbons (Fsp3) is 0.429. The molecule has 0 atom stereocenters. The molecule has 0 N–H and O–H groups in total. The van der Waals surface area contributed by atoms with Crippen LogP contribution in [0.3, 0.4) is 0 Å². The number of benzene rings is 1.